The normalized spacial score (nSPS) is 16.8. The van der Waals surface area contributed by atoms with E-state index in [0.717, 1.165) is 23.9 Å². The predicted octanol–water partition coefficient (Wildman–Crippen LogP) is 2.10. The van der Waals surface area contributed by atoms with Crippen molar-refractivity contribution >= 4 is 16.9 Å². The van der Waals surface area contributed by atoms with E-state index >= 15 is 0 Å². The molecule has 0 aliphatic carbocycles. The number of hydrogen-bond acceptors (Lipinski definition) is 4. The maximum Gasteiger partial charge on any atom is 0.255 e. The molecule has 1 saturated heterocycles. The fraction of sp³-hybridized carbons (Fsp3) is 0.350. The second-order valence-corrected chi connectivity index (χ2v) is 7.05. The number of aryl methyl sites for hydroxylation is 1. The molecule has 0 unspecified atom stereocenters. The van der Waals surface area contributed by atoms with Gasteiger partial charge >= 0.3 is 0 Å². The van der Waals surface area contributed by atoms with Crippen molar-refractivity contribution in [2.45, 2.75) is 18.3 Å². The monoisotopic (exact) mass is 349 g/mol. The highest BCUT2D eigenvalue weighted by Crippen LogP contribution is 2.35. The summed E-state index contributed by atoms with van der Waals surface area (Å²) in [5.74, 6) is 0.0296. The third-order valence-corrected chi connectivity index (χ3v) is 5.60. The van der Waals surface area contributed by atoms with Gasteiger partial charge in [-0.15, -0.1) is 0 Å². The third-order valence-electron chi connectivity index (χ3n) is 5.60. The number of likely N-dealkylation sites (tertiary alicyclic amines) is 1. The quantitative estimate of drug-likeness (QED) is 0.785. The molecular weight excluding hydrogens is 326 g/mol. The van der Waals surface area contributed by atoms with Crippen LogP contribution in [0.15, 0.2) is 48.8 Å². The van der Waals surface area contributed by atoms with E-state index in [0.29, 0.717) is 25.2 Å². The summed E-state index contributed by atoms with van der Waals surface area (Å²) in [6, 6.07) is 12.3. The molecule has 3 heterocycles. The highest BCUT2D eigenvalue weighted by atomic mass is 16.2. The van der Waals surface area contributed by atoms with E-state index in [2.05, 4.69) is 34.3 Å². The summed E-state index contributed by atoms with van der Waals surface area (Å²) < 4.78 is 1.71. The van der Waals surface area contributed by atoms with Crippen LogP contribution in [0.5, 0.6) is 0 Å². The van der Waals surface area contributed by atoms with Crippen molar-refractivity contribution in [1.29, 1.82) is 0 Å². The molecule has 6 nitrogen and oxygen atoms in total. The van der Waals surface area contributed by atoms with Gasteiger partial charge in [0.2, 0.25) is 0 Å². The Morgan fingerprint density at radius 2 is 1.92 bits per heavy atom. The number of carbonyl (C=O) groups excluding carboxylic acids is 1. The second-order valence-electron chi connectivity index (χ2n) is 7.05. The molecule has 0 saturated carbocycles. The number of nitrogens with zero attached hydrogens (tertiary/aromatic N) is 4. The molecule has 6 heteroatoms. The molecule has 1 amide bonds. The topological polar surface area (TPSA) is 77.0 Å². The Labute approximate surface area is 152 Å². The Morgan fingerprint density at radius 3 is 2.62 bits per heavy atom. The number of nitrogens with two attached hydrogens (primary N) is 1. The minimum absolute atomic E-state index is 0.0296. The van der Waals surface area contributed by atoms with Crippen molar-refractivity contribution in [3.63, 3.8) is 0 Å². The predicted molar refractivity (Wildman–Crippen MR) is 101 cm³/mol. The summed E-state index contributed by atoms with van der Waals surface area (Å²) in [5.41, 5.74) is 8.78. The number of aromatic nitrogens is 3. The van der Waals surface area contributed by atoms with Gasteiger partial charge in [-0.1, -0.05) is 30.3 Å². The van der Waals surface area contributed by atoms with Gasteiger partial charge in [0.15, 0.2) is 5.65 Å². The molecule has 0 spiro atoms. The van der Waals surface area contributed by atoms with Gasteiger partial charge in [0.1, 0.15) is 0 Å². The Balaban J connectivity index is 1.52. The van der Waals surface area contributed by atoms with Gasteiger partial charge in [0, 0.05) is 43.7 Å². The number of benzene rings is 1. The highest BCUT2D eigenvalue weighted by Gasteiger charge is 2.36. The molecule has 3 aromatic rings. The summed E-state index contributed by atoms with van der Waals surface area (Å²) in [6.45, 7) is 2.01. The van der Waals surface area contributed by atoms with Crippen molar-refractivity contribution in [3.05, 3.63) is 59.9 Å². The Hall–Kier alpha value is -2.73. The van der Waals surface area contributed by atoms with Crippen LogP contribution in [-0.4, -0.2) is 45.2 Å². The van der Waals surface area contributed by atoms with E-state index in [-0.39, 0.29) is 11.3 Å². The lowest BCUT2D eigenvalue weighted by Gasteiger charge is -2.41. The summed E-state index contributed by atoms with van der Waals surface area (Å²) >= 11 is 0. The fourth-order valence-electron chi connectivity index (χ4n) is 3.88. The zero-order valence-electron chi connectivity index (χ0n) is 14.9. The first-order chi connectivity index (χ1) is 12.6. The standard InChI is InChI=1S/C20H23N5O/c1-24-18-15(13-23-24)11-16(12-22-18)19(26)25-9-7-20(14-21,8-10-25)17-5-3-2-4-6-17/h2-6,11-13H,7-10,14,21H2,1H3. The molecule has 0 atom stereocenters. The number of piperidine rings is 1. The minimum Gasteiger partial charge on any atom is -0.339 e. The van der Waals surface area contributed by atoms with Crippen LogP contribution in [0.4, 0.5) is 0 Å². The van der Waals surface area contributed by atoms with Crippen LogP contribution < -0.4 is 5.73 Å². The van der Waals surface area contributed by atoms with E-state index < -0.39 is 0 Å². The largest absolute Gasteiger partial charge is 0.339 e. The highest BCUT2D eigenvalue weighted by molar-refractivity contribution is 5.96. The average molecular weight is 349 g/mol. The van der Waals surface area contributed by atoms with Crippen molar-refractivity contribution in [3.8, 4) is 0 Å². The molecule has 4 rings (SSSR count). The molecule has 134 valence electrons. The number of rotatable bonds is 3. The van der Waals surface area contributed by atoms with Gasteiger partial charge in [-0.3, -0.25) is 9.48 Å². The van der Waals surface area contributed by atoms with E-state index in [9.17, 15) is 4.79 Å². The van der Waals surface area contributed by atoms with E-state index in [1.54, 1.807) is 17.1 Å². The fourth-order valence-corrected chi connectivity index (χ4v) is 3.88. The molecule has 1 aliphatic heterocycles. The first kappa shape index (κ1) is 16.7. The van der Waals surface area contributed by atoms with Crippen LogP contribution in [0.2, 0.25) is 0 Å². The summed E-state index contributed by atoms with van der Waals surface area (Å²) in [6.07, 6.45) is 5.14. The van der Waals surface area contributed by atoms with Crippen LogP contribution >= 0.6 is 0 Å². The summed E-state index contributed by atoms with van der Waals surface area (Å²) in [7, 11) is 1.84. The van der Waals surface area contributed by atoms with Gasteiger partial charge in [-0.05, 0) is 24.5 Å². The Morgan fingerprint density at radius 1 is 1.19 bits per heavy atom. The first-order valence-electron chi connectivity index (χ1n) is 8.96. The maximum atomic E-state index is 12.9. The molecule has 2 aromatic heterocycles. The van der Waals surface area contributed by atoms with Crippen LogP contribution in [0, 0.1) is 0 Å². The number of amides is 1. The Bertz CT molecular complexity index is 926. The van der Waals surface area contributed by atoms with Crippen LogP contribution in [0.3, 0.4) is 0 Å². The van der Waals surface area contributed by atoms with E-state index in [1.165, 1.54) is 5.56 Å². The van der Waals surface area contributed by atoms with Crippen LogP contribution in [-0.2, 0) is 12.5 Å². The summed E-state index contributed by atoms with van der Waals surface area (Å²) in [5, 5.41) is 5.07. The SMILES string of the molecule is Cn1ncc2cc(C(=O)N3CCC(CN)(c4ccccc4)CC3)cnc21. The molecule has 1 aliphatic rings. The maximum absolute atomic E-state index is 12.9. The van der Waals surface area contributed by atoms with Crippen molar-refractivity contribution in [1.82, 2.24) is 19.7 Å². The number of fused-ring (bicyclic) bond motifs is 1. The molecule has 1 fully saturated rings. The van der Waals surface area contributed by atoms with E-state index in [4.69, 9.17) is 5.73 Å². The van der Waals surface area contributed by atoms with Crippen molar-refractivity contribution < 1.29 is 4.79 Å². The number of pyridine rings is 1. The Kier molecular flexibility index (Phi) is 4.20. The van der Waals surface area contributed by atoms with Crippen LogP contribution in [0.25, 0.3) is 11.0 Å². The third kappa shape index (κ3) is 2.76. The lowest BCUT2D eigenvalue weighted by atomic mass is 9.73. The van der Waals surface area contributed by atoms with E-state index in [1.807, 2.05) is 24.1 Å². The lowest BCUT2D eigenvalue weighted by molar-refractivity contribution is 0.0669. The lowest BCUT2D eigenvalue weighted by Crippen LogP contribution is -2.48. The second kappa shape index (κ2) is 6.53. The van der Waals surface area contributed by atoms with Crippen LogP contribution in [0.1, 0.15) is 28.8 Å². The molecule has 0 radical (unpaired) electrons. The van der Waals surface area contributed by atoms with Gasteiger partial charge in [-0.25, -0.2) is 4.98 Å². The van der Waals surface area contributed by atoms with Gasteiger partial charge in [0.05, 0.1) is 11.8 Å². The smallest absolute Gasteiger partial charge is 0.255 e. The van der Waals surface area contributed by atoms with Gasteiger partial charge in [0.25, 0.3) is 5.91 Å². The number of carbonyl (C=O) groups is 1. The first-order valence-corrected chi connectivity index (χ1v) is 8.96. The van der Waals surface area contributed by atoms with Crippen molar-refractivity contribution in [2.75, 3.05) is 19.6 Å². The molecule has 26 heavy (non-hydrogen) atoms. The van der Waals surface area contributed by atoms with Gasteiger partial charge in [-0.2, -0.15) is 5.10 Å². The molecule has 2 N–H and O–H groups in total. The number of hydrogen-bond donors (Lipinski definition) is 1. The minimum atomic E-state index is -0.0381. The molecule has 0 bridgehead atoms. The van der Waals surface area contributed by atoms with Gasteiger partial charge < -0.3 is 10.6 Å². The zero-order chi connectivity index (χ0) is 18.1. The average Bonchev–Trinajstić information content (AvgIpc) is 3.08. The summed E-state index contributed by atoms with van der Waals surface area (Å²) in [4.78, 5) is 19.2. The zero-order valence-corrected chi connectivity index (χ0v) is 14.9. The molecule has 1 aromatic carbocycles. The molecular formula is C20H23N5O. The van der Waals surface area contributed by atoms with Crippen molar-refractivity contribution in [2.24, 2.45) is 12.8 Å².